The molecule has 3 unspecified atom stereocenters. The molecule has 0 saturated carbocycles. The molecular formula is C16H16INO5S. The highest BCUT2D eigenvalue weighted by atomic mass is 127. The summed E-state index contributed by atoms with van der Waals surface area (Å²) in [4.78, 5) is 0. The third kappa shape index (κ3) is 3.95. The van der Waals surface area contributed by atoms with E-state index in [0.717, 1.165) is 21.8 Å². The summed E-state index contributed by atoms with van der Waals surface area (Å²) >= 11 is 2.18. The van der Waals surface area contributed by atoms with Crippen LogP contribution in [0.3, 0.4) is 0 Å². The molecule has 0 aromatic heterocycles. The molecule has 1 aliphatic heterocycles. The van der Waals surface area contributed by atoms with Crippen molar-refractivity contribution in [2.24, 2.45) is 0 Å². The number of rotatable bonds is 5. The van der Waals surface area contributed by atoms with E-state index in [4.69, 9.17) is 9.47 Å². The van der Waals surface area contributed by atoms with Crippen LogP contribution in [0.4, 0.5) is 0 Å². The Balaban J connectivity index is 1.92. The molecule has 0 radical (unpaired) electrons. The maximum absolute atomic E-state index is 11.8. The summed E-state index contributed by atoms with van der Waals surface area (Å²) in [6, 6.07) is 17.0. The Morgan fingerprint density at radius 1 is 1.04 bits per heavy atom. The van der Waals surface area contributed by atoms with Crippen molar-refractivity contribution in [3.05, 3.63) is 69.3 Å². The first kappa shape index (κ1) is 17.8. The van der Waals surface area contributed by atoms with E-state index in [1.807, 2.05) is 54.6 Å². The zero-order valence-corrected chi connectivity index (χ0v) is 15.7. The van der Waals surface area contributed by atoms with Crippen LogP contribution in [0.25, 0.3) is 0 Å². The van der Waals surface area contributed by atoms with E-state index in [-0.39, 0.29) is 0 Å². The van der Waals surface area contributed by atoms with Gasteiger partial charge in [0.15, 0.2) is 12.5 Å². The Bertz CT molecular complexity index is 799. The van der Waals surface area contributed by atoms with Gasteiger partial charge < -0.3 is 9.47 Å². The van der Waals surface area contributed by atoms with Gasteiger partial charge in [0, 0.05) is 9.13 Å². The van der Waals surface area contributed by atoms with Crippen LogP contribution in [0.5, 0.6) is 0 Å². The summed E-state index contributed by atoms with van der Waals surface area (Å²) in [5.41, 5.74) is 1.66. The summed E-state index contributed by atoms with van der Waals surface area (Å²) in [6.07, 6.45) is -2.15. The average Bonchev–Trinajstić information content (AvgIpc) is 2.99. The van der Waals surface area contributed by atoms with Gasteiger partial charge in [-0.3, -0.25) is 4.18 Å². The first-order valence-electron chi connectivity index (χ1n) is 7.18. The SMILES string of the molecule is COS(=O)(=O)NC1OC(c2ccccc2)OC1c1ccccc1I. The van der Waals surface area contributed by atoms with Gasteiger partial charge in [0.1, 0.15) is 6.10 Å². The van der Waals surface area contributed by atoms with Crippen molar-refractivity contribution in [3.63, 3.8) is 0 Å². The van der Waals surface area contributed by atoms with Crippen molar-refractivity contribution in [3.8, 4) is 0 Å². The summed E-state index contributed by atoms with van der Waals surface area (Å²) in [5, 5.41) is 0. The van der Waals surface area contributed by atoms with Crippen molar-refractivity contribution in [2.75, 3.05) is 7.11 Å². The van der Waals surface area contributed by atoms with E-state index in [0.29, 0.717) is 0 Å². The van der Waals surface area contributed by atoms with E-state index >= 15 is 0 Å². The molecule has 3 atom stereocenters. The smallest absolute Gasteiger partial charge is 0.336 e. The second kappa shape index (κ2) is 7.46. The highest BCUT2D eigenvalue weighted by molar-refractivity contribution is 14.1. The molecule has 0 amide bonds. The molecule has 8 heteroatoms. The van der Waals surface area contributed by atoms with Gasteiger partial charge in [0.2, 0.25) is 0 Å². The number of hydrogen-bond donors (Lipinski definition) is 1. The Hall–Kier alpha value is -1.04. The topological polar surface area (TPSA) is 73.9 Å². The van der Waals surface area contributed by atoms with Gasteiger partial charge in [-0.15, -0.1) is 0 Å². The minimum Gasteiger partial charge on any atom is -0.336 e. The van der Waals surface area contributed by atoms with Crippen LogP contribution < -0.4 is 4.72 Å². The van der Waals surface area contributed by atoms with Crippen LogP contribution in [-0.2, 0) is 24.0 Å². The monoisotopic (exact) mass is 461 g/mol. The first-order valence-corrected chi connectivity index (χ1v) is 9.67. The summed E-state index contributed by atoms with van der Waals surface area (Å²) in [7, 11) is -2.83. The quantitative estimate of drug-likeness (QED) is 0.694. The van der Waals surface area contributed by atoms with Gasteiger partial charge >= 0.3 is 10.3 Å². The molecule has 128 valence electrons. The lowest BCUT2D eigenvalue weighted by Gasteiger charge is -2.18. The van der Waals surface area contributed by atoms with Crippen molar-refractivity contribution in [1.82, 2.24) is 4.72 Å². The largest absolute Gasteiger partial charge is 0.337 e. The maximum atomic E-state index is 11.8. The molecular weight excluding hydrogens is 445 g/mol. The predicted molar refractivity (Wildman–Crippen MR) is 96.1 cm³/mol. The second-order valence-electron chi connectivity index (χ2n) is 5.12. The average molecular weight is 461 g/mol. The minimum atomic E-state index is -3.92. The number of benzene rings is 2. The van der Waals surface area contributed by atoms with Gasteiger partial charge in [0.25, 0.3) is 0 Å². The Morgan fingerprint density at radius 3 is 2.38 bits per heavy atom. The molecule has 1 heterocycles. The van der Waals surface area contributed by atoms with Gasteiger partial charge in [0.05, 0.1) is 7.11 Å². The third-order valence-corrected chi connectivity index (χ3v) is 5.52. The van der Waals surface area contributed by atoms with Crippen LogP contribution in [0.15, 0.2) is 54.6 Å². The fourth-order valence-electron chi connectivity index (χ4n) is 2.43. The lowest BCUT2D eigenvalue weighted by molar-refractivity contribution is -0.0705. The molecule has 0 aliphatic carbocycles. The molecule has 3 rings (SSSR count). The fraction of sp³-hybridized carbons (Fsp3) is 0.250. The number of ether oxygens (including phenoxy) is 2. The highest BCUT2D eigenvalue weighted by Gasteiger charge is 2.41. The van der Waals surface area contributed by atoms with Crippen LogP contribution in [0.1, 0.15) is 23.5 Å². The van der Waals surface area contributed by atoms with E-state index in [2.05, 4.69) is 31.5 Å². The maximum Gasteiger partial charge on any atom is 0.337 e. The van der Waals surface area contributed by atoms with Crippen LogP contribution in [0, 0.1) is 3.57 Å². The van der Waals surface area contributed by atoms with Crippen molar-refractivity contribution < 1.29 is 22.1 Å². The molecule has 1 fully saturated rings. The third-order valence-electron chi connectivity index (χ3n) is 3.58. The van der Waals surface area contributed by atoms with Gasteiger partial charge in [-0.1, -0.05) is 48.5 Å². The van der Waals surface area contributed by atoms with E-state index in [9.17, 15) is 8.42 Å². The van der Waals surface area contributed by atoms with Gasteiger partial charge in [-0.2, -0.15) is 13.1 Å². The summed E-state index contributed by atoms with van der Waals surface area (Å²) in [6.45, 7) is 0. The van der Waals surface area contributed by atoms with E-state index in [1.54, 1.807) is 0 Å². The Kier molecular flexibility index (Phi) is 5.52. The Labute approximate surface area is 154 Å². The molecule has 1 aliphatic rings. The molecule has 24 heavy (non-hydrogen) atoms. The number of nitrogens with one attached hydrogen (secondary N) is 1. The summed E-state index contributed by atoms with van der Waals surface area (Å²) in [5.74, 6) is 0. The van der Waals surface area contributed by atoms with Crippen molar-refractivity contribution >= 4 is 32.9 Å². The normalized spacial score (nSPS) is 24.2. The number of halogens is 1. The fourth-order valence-corrected chi connectivity index (χ4v) is 3.68. The van der Waals surface area contributed by atoms with Gasteiger partial charge in [-0.05, 0) is 34.2 Å². The second-order valence-corrected chi connectivity index (χ2v) is 7.76. The minimum absolute atomic E-state index is 0.590. The zero-order chi connectivity index (χ0) is 17.2. The van der Waals surface area contributed by atoms with Crippen molar-refractivity contribution in [1.29, 1.82) is 0 Å². The number of hydrogen-bond acceptors (Lipinski definition) is 5. The predicted octanol–water partition coefficient (Wildman–Crippen LogP) is 2.88. The Morgan fingerprint density at radius 2 is 1.71 bits per heavy atom. The summed E-state index contributed by atoms with van der Waals surface area (Å²) < 4.78 is 43.2. The lowest BCUT2D eigenvalue weighted by Crippen LogP contribution is -2.38. The molecule has 0 spiro atoms. The zero-order valence-electron chi connectivity index (χ0n) is 12.8. The molecule has 2 aromatic carbocycles. The standard InChI is InChI=1S/C16H16INO5S/c1-21-24(19,20)18-15-14(12-9-5-6-10-13(12)17)22-16(23-15)11-7-3-2-4-8-11/h2-10,14-16,18H,1H3. The van der Waals surface area contributed by atoms with Crippen LogP contribution in [0.2, 0.25) is 0 Å². The van der Waals surface area contributed by atoms with Crippen LogP contribution in [-0.4, -0.2) is 21.8 Å². The molecule has 0 bridgehead atoms. The molecule has 1 N–H and O–H groups in total. The van der Waals surface area contributed by atoms with Crippen molar-refractivity contribution in [2.45, 2.75) is 18.6 Å². The van der Waals surface area contributed by atoms with E-state index < -0.39 is 28.9 Å². The molecule has 6 nitrogen and oxygen atoms in total. The van der Waals surface area contributed by atoms with Gasteiger partial charge in [-0.25, -0.2) is 0 Å². The lowest BCUT2D eigenvalue weighted by atomic mass is 10.1. The van der Waals surface area contributed by atoms with E-state index in [1.165, 1.54) is 0 Å². The molecule has 2 aromatic rings. The van der Waals surface area contributed by atoms with Crippen LogP contribution >= 0.6 is 22.6 Å². The highest BCUT2D eigenvalue weighted by Crippen LogP contribution is 2.40. The first-order chi connectivity index (χ1) is 11.5. The molecule has 1 saturated heterocycles.